The molecule has 0 aromatic carbocycles. The second kappa shape index (κ2) is 6.41. The SMILES string of the molecule is CCC1CCC(NCC[C@H](C)O)CC1. The Morgan fingerprint density at radius 2 is 1.93 bits per heavy atom. The third-order valence-corrected chi connectivity index (χ3v) is 3.42. The molecule has 2 N–H and O–H groups in total. The summed E-state index contributed by atoms with van der Waals surface area (Å²) in [6.45, 7) is 5.13. The summed E-state index contributed by atoms with van der Waals surface area (Å²) in [6.07, 6.45) is 7.52. The van der Waals surface area contributed by atoms with Crippen LogP contribution in [-0.4, -0.2) is 23.8 Å². The van der Waals surface area contributed by atoms with Crippen molar-refractivity contribution in [3.05, 3.63) is 0 Å². The second-order valence-corrected chi connectivity index (χ2v) is 4.72. The first kappa shape index (κ1) is 12.0. The summed E-state index contributed by atoms with van der Waals surface area (Å²) in [6, 6.07) is 0.719. The van der Waals surface area contributed by atoms with Crippen LogP contribution in [-0.2, 0) is 0 Å². The molecule has 0 unspecified atom stereocenters. The average Bonchev–Trinajstić information content (AvgIpc) is 2.18. The molecule has 0 radical (unpaired) electrons. The van der Waals surface area contributed by atoms with Crippen LogP contribution in [0.2, 0.25) is 0 Å². The molecule has 1 aliphatic carbocycles. The van der Waals surface area contributed by atoms with E-state index in [0.29, 0.717) is 0 Å². The van der Waals surface area contributed by atoms with Gasteiger partial charge in [-0.3, -0.25) is 0 Å². The van der Waals surface area contributed by atoms with Gasteiger partial charge in [0.25, 0.3) is 0 Å². The van der Waals surface area contributed by atoms with Gasteiger partial charge >= 0.3 is 0 Å². The van der Waals surface area contributed by atoms with Gasteiger partial charge in [0, 0.05) is 6.04 Å². The summed E-state index contributed by atoms with van der Waals surface area (Å²) in [5.41, 5.74) is 0. The van der Waals surface area contributed by atoms with Crippen LogP contribution in [0.15, 0.2) is 0 Å². The highest BCUT2D eigenvalue weighted by Crippen LogP contribution is 2.26. The van der Waals surface area contributed by atoms with Crippen LogP contribution >= 0.6 is 0 Å². The maximum Gasteiger partial charge on any atom is 0.0524 e. The second-order valence-electron chi connectivity index (χ2n) is 4.72. The first-order valence-electron chi connectivity index (χ1n) is 6.13. The fraction of sp³-hybridized carbons (Fsp3) is 1.00. The molecule has 0 aromatic rings. The number of hydrogen-bond acceptors (Lipinski definition) is 2. The van der Waals surface area contributed by atoms with Crippen LogP contribution in [0, 0.1) is 5.92 Å². The highest BCUT2D eigenvalue weighted by molar-refractivity contribution is 4.76. The van der Waals surface area contributed by atoms with Gasteiger partial charge in [0.1, 0.15) is 0 Å². The van der Waals surface area contributed by atoms with Crippen molar-refractivity contribution in [2.24, 2.45) is 5.92 Å². The molecule has 0 spiro atoms. The van der Waals surface area contributed by atoms with Crippen LogP contribution in [0.25, 0.3) is 0 Å². The predicted octanol–water partition coefficient (Wildman–Crippen LogP) is 2.32. The molecule has 0 aromatic heterocycles. The lowest BCUT2D eigenvalue weighted by atomic mass is 9.84. The summed E-state index contributed by atoms with van der Waals surface area (Å²) in [4.78, 5) is 0. The minimum atomic E-state index is -0.158. The molecule has 2 heteroatoms. The van der Waals surface area contributed by atoms with Crippen molar-refractivity contribution in [1.82, 2.24) is 5.32 Å². The molecular formula is C12H25NO. The molecule has 0 heterocycles. The van der Waals surface area contributed by atoms with Crippen molar-refractivity contribution < 1.29 is 5.11 Å². The van der Waals surface area contributed by atoms with Gasteiger partial charge < -0.3 is 10.4 Å². The van der Waals surface area contributed by atoms with E-state index in [1.165, 1.54) is 32.1 Å². The predicted molar refractivity (Wildman–Crippen MR) is 60.3 cm³/mol. The molecule has 14 heavy (non-hydrogen) atoms. The summed E-state index contributed by atoms with van der Waals surface area (Å²) < 4.78 is 0. The number of rotatable bonds is 5. The Morgan fingerprint density at radius 1 is 1.29 bits per heavy atom. The lowest BCUT2D eigenvalue weighted by molar-refractivity contribution is 0.179. The van der Waals surface area contributed by atoms with Crippen LogP contribution < -0.4 is 5.32 Å². The first-order valence-corrected chi connectivity index (χ1v) is 6.13. The van der Waals surface area contributed by atoms with E-state index < -0.39 is 0 Å². The number of hydrogen-bond donors (Lipinski definition) is 2. The third kappa shape index (κ3) is 4.43. The molecule has 0 bridgehead atoms. The molecule has 1 aliphatic rings. The highest BCUT2D eigenvalue weighted by Gasteiger charge is 2.18. The summed E-state index contributed by atoms with van der Waals surface area (Å²) in [5, 5.41) is 12.7. The van der Waals surface area contributed by atoms with Crippen molar-refractivity contribution in [1.29, 1.82) is 0 Å². The molecule has 1 fully saturated rings. The third-order valence-electron chi connectivity index (χ3n) is 3.42. The van der Waals surface area contributed by atoms with Crippen LogP contribution in [0.3, 0.4) is 0 Å². The summed E-state index contributed by atoms with van der Waals surface area (Å²) >= 11 is 0. The van der Waals surface area contributed by atoms with Gasteiger partial charge in [0.2, 0.25) is 0 Å². The number of aliphatic hydroxyl groups excluding tert-OH is 1. The number of aliphatic hydroxyl groups is 1. The standard InChI is InChI=1S/C12H25NO/c1-3-11-4-6-12(7-5-11)13-9-8-10(2)14/h10-14H,3-9H2,1-2H3/t10-,11?,12?/m0/s1. The molecule has 0 amide bonds. The van der Waals surface area contributed by atoms with Crippen LogP contribution in [0.5, 0.6) is 0 Å². The molecule has 84 valence electrons. The van der Waals surface area contributed by atoms with Crippen molar-refractivity contribution in [2.45, 2.75) is 64.5 Å². The van der Waals surface area contributed by atoms with E-state index in [-0.39, 0.29) is 6.10 Å². The quantitative estimate of drug-likeness (QED) is 0.712. The Balaban J connectivity index is 2.04. The van der Waals surface area contributed by atoms with Gasteiger partial charge in [-0.2, -0.15) is 0 Å². The monoisotopic (exact) mass is 199 g/mol. The highest BCUT2D eigenvalue weighted by atomic mass is 16.3. The van der Waals surface area contributed by atoms with Gasteiger partial charge in [-0.05, 0) is 51.5 Å². The molecular weight excluding hydrogens is 174 g/mol. The Kier molecular flexibility index (Phi) is 5.49. The molecule has 1 saturated carbocycles. The van der Waals surface area contributed by atoms with Crippen molar-refractivity contribution in [2.75, 3.05) is 6.54 Å². The van der Waals surface area contributed by atoms with E-state index in [2.05, 4.69) is 12.2 Å². The maximum absolute atomic E-state index is 9.12. The first-order chi connectivity index (χ1) is 6.72. The largest absolute Gasteiger partial charge is 0.393 e. The molecule has 2 nitrogen and oxygen atoms in total. The van der Waals surface area contributed by atoms with Gasteiger partial charge in [-0.1, -0.05) is 13.3 Å². The lowest BCUT2D eigenvalue weighted by Crippen LogP contribution is -2.34. The zero-order valence-corrected chi connectivity index (χ0v) is 9.63. The van der Waals surface area contributed by atoms with Crippen molar-refractivity contribution in [3.8, 4) is 0 Å². The van der Waals surface area contributed by atoms with E-state index in [1.807, 2.05) is 6.92 Å². The van der Waals surface area contributed by atoms with Gasteiger partial charge in [0.05, 0.1) is 6.10 Å². The zero-order valence-electron chi connectivity index (χ0n) is 9.63. The Hall–Kier alpha value is -0.0800. The molecule has 0 aliphatic heterocycles. The Bertz CT molecular complexity index is 139. The van der Waals surface area contributed by atoms with Crippen molar-refractivity contribution in [3.63, 3.8) is 0 Å². The fourth-order valence-corrected chi connectivity index (χ4v) is 2.27. The molecule has 1 rings (SSSR count). The van der Waals surface area contributed by atoms with E-state index in [0.717, 1.165) is 24.9 Å². The van der Waals surface area contributed by atoms with E-state index in [4.69, 9.17) is 5.11 Å². The van der Waals surface area contributed by atoms with E-state index in [1.54, 1.807) is 0 Å². The minimum absolute atomic E-state index is 0.158. The van der Waals surface area contributed by atoms with Gasteiger partial charge in [0.15, 0.2) is 0 Å². The zero-order chi connectivity index (χ0) is 10.4. The smallest absolute Gasteiger partial charge is 0.0524 e. The topological polar surface area (TPSA) is 32.3 Å². The average molecular weight is 199 g/mol. The normalized spacial score (nSPS) is 30.2. The van der Waals surface area contributed by atoms with Crippen LogP contribution in [0.1, 0.15) is 52.4 Å². The maximum atomic E-state index is 9.12. The fourth-order valence-electron chi connectivity index (χ4n) is 2.27. The van der Waals surface area contributed by atoms with E-state index >= 15 is 0 Å². The van der Waals surface area contributed by atoms with Crippen LogP contribution in [0.4, 0.5) is 0 Å². The minimum Gasteiger partial charge on any atom is -0.393 e. The van der Waals surface area contributed by atoms with Gasteiger partial charge in [-0.15, -0.1) is 0 Å². The summed E-state index contributed by atoms with van der Waals surface area (Å²) in [7, 11) is 0. The van der Waals surface area contributed by atoms with E-state index in [9.17, 15) is 0 Å². The molecule has 1 atom stereocenters. The Labute approximate surface area is 88.1 Å². The Morgan fingerprint density at radius 3 is 2.43 bits per heavy atom. The summed E-state index contributed by atoms with van der Waals surface area (Å²) in [5.74, 6) is 0.977. The molecule has 0 saturated heterocycles. The van der Waals surface area contributed by atoms with Crippen molar-refractivity contribution >= 4 is 0 Å². The van der Waals surface area contributed by atoms with Gasteiger partial charge in [-0.25, -0.2) is 0 Å². The number of nitrogens with one attached hydrogen (secondary N) is 1. The lowest BCUT2D eigenvalue weighted by Gasteiger charge is -2.28.